The Morgan fingerprint density at radius 3 is 2.48 bits per heavy atom. The first kappa shape index (κ1) is 14.8. The van der Waals surface area contributed by atoms with E-state index >= 15 is 0 Å². The van der Waals surface area contributed by atoms with Crippen molar-refractivity contribution < 1.29 is 19.8 Å². The van der Waals surface area contributed by atoms with Gasteiger partial charge < -0.3 is 20.8 Å². The molecular formula is C15H16N2O4. The summed E-state index contributed by atoms with van der Waals surface area (Å²) in [4.78, 5) is 23.4. The molecule has 6 nitrogen and oxygen atoms in total. The lowest BCUT2D eigenvalue weighted by molar-refractivity contribution is -0.136. The zero-order chi connectivity index (χ0) is 15.2. The van der Waals surface area contributed by atoms with E-state index in [4.69, 9.17) is 5.11 Å². The second-order valence-corrected chi connectivity index (χ2v) is 4.47. The summed E-state index contributed by atoms with van der Waals surface area (Å²) in [6, 6.07) is 10.0. The van der Waals surface area contributed by atoms with Gasteiger partial charge in [0.05, 0.1) is 0 Å². The molecule has 2 aromatic carbocycles. The molecule has 0 unspecified atom stereocenters. The van der Waals surface area contributed by atoms with Crippen molar-refractivity contribution in [1.29, 1.82) is 0 Å². The molecular weight excluding hydrogens is 272 g/mol. The number of phenolic OH excluding ortho intramolecular Hbond substituents is 1. The first-order chi connectivity index (χ1) is 10.1. The van der Waals surface area contributed by atoms with Gasteiger partial charge in [0.1, 0.15) is 5.75 Å². The number of amides is 2. The number of nitrogens with one attached hydrogen (secondary N) is 2. The highest BCUT2D eigenvalue weighted by atomic mass is 16.3. The molecule has 0 aromatic heterocycles. The van der Waals surface area contributed by atoms with E-state index in [1.807, 2.05) is 0 Å². The number of aromatic hydroxyl groups is 1. The maximum absolute atomic E-state index is 11.8. The van der Waals surface area contributed by atoms with E-state index < -0.39 is 11.8 Å². The molecule has 2 rings (SSSR count). The molecule has 0 radical (unpaired) electrons. The Labute approximate surface area is 121 Å². The van der Waals surface area contributed by atoms with Crippen LogP contribution in [0.3, 0.4) is 0 Å². The summed E-state index contributed by atoms with van der Waals surface area (Å²) in [6.07, 6.45) is 0.390. The lowest BCUT2D eigenvalue weighted by Gasteiger charge is -2.09. The van der Waals surface area contributed by atoms with E-state index in [1.54, 1.807) is 36.4 Å². The smallest absolute Gasteiger partial charge is 0.313 e. The predicted octanol–water partition coefficient (Wildman–Crippen LogP) is 0.983. The molecule has 2 amide bonds. The number of anilines is 1. The average molecular weight is 288 g/mol. The summed E-state index contributed by atoms with van der Waals surface area (Å²) in [6.45, 7) is 0.184. The molecule has 2 aromatic rings. The van der Waals surface area contributed by atoms with Crippen LogP contribution in [0.25, 0.3) is 10.8 Å². The fraction of sp³-hybridized carbons (Fsp3) is 0.200. The highest BCUT2D eigenvalue weighted by Crippen LogP contribution is 2.29. The topological polar surface area (TPSA) is 98.7 Å². The third-order valence-electron chi connectivity index (χ3n) is 2.97. The highest BCUT2D eigenvalue weighted by molar-refractivity contribution is 6.40. The normalized spacial score (nSPS) is 10.3. The maximum Gasteiger partial charge on any atom is 0.313 e. The quantitative estimate of drug-likeness (QED) is 0.498. The van der Waals surface area contributed by atoms with Crippen LogP contribution in [0.1, 0.15) is 6.42 Å². The number of rotatable bonds is 4. The highest BCUT2D eigenvalue weighted by Gasteiger charge is 2.14. The van der Waals surface area contributed by atoms with Gasteiger partial charge in [-0.2, -0.15) is 0 Å². The minimum atomic E-state index is -0.788. The van der Waals surface area contributed by atoms with Gasteiger partial charge in [0.15, 0.2) is 0 Å². The number of carbonyl (C=O) groups excluding carboxylic acids is 2. The fourth-order valence-electron chi connectivity index (χ4n) is 1.94. The maximum atomic E-state index is 11.8. The molecule has 0 heterocycles. The van der Waals surface area contributed by atoms with Crippen LogP contribution < -0.4 is 10.6 Å². The molecule has 0 bridgehead atoms. The number of benzene rings is 2. The molecule has 21 heavy (non-hydrogen) atoms. The van der Waals surface area contributed by atoms with Crippen molar-refractivity contribution in [1.82, 2.24) is 5.32 Å². The number of fused-ring (bicyclic) bond motifs is 1. The van der Waals surface area contributed by atoms with Gasteiger partial charge >= 0.3 is 11.8 Å². The van der Waals surface area contributed by atoms with Crippen LogP contribution >= 0.6 is 0 Å². The average Bonchev–Trinajstić information content (AvgIpc) is 2.48. The Bertz CT molecular complexity index is 670. The summed E-state index contributed by atoms with van der Waals surface area (Å²) < 4.78 is 0. The summed E-state index contributed by atoms with van der Waals surface area (Å²) in [5.74, 6) is -1.44. The minimum absolute atomic E-state index is 0.0511. The summed E-state index contributed by atoms with van der Waals surface area (Å²) in [7, 11) is 0. The van der Waals surface area contributed by atoms with Gasteiger partial charge in [-0.25, -0.2) is 0 Å². The molecule has 6 heteroatoms. The number of hydrogen-bond donors (Lipinski definition) is 4. The third-order valence-corrected chi connectivity index (χ3v) is 2.97. The molecule has 0 saturated heterocycles. The molecule has 0 fully saturated rings. The predicted molar refractivity (Wildman–Crippen MR) is 79.0 cm³/mol. The van der Waals surface area contributed by atoms with Crippen LogP contribution in [-0.2, 0) is 9.59 Å². The Morgan fingerprint density at radius 1 is 1.00 bits per heavy atom. The van der Waals surface area contributed by atoms with E-state index in [0.29, 0.717) is 22.9 Å². The Morgan fingerprint density at radius 2 is 1.71 bits per heavy atom. The van der Waals surface area contributed by atoms with Gasteiger partial charge in [0.25, 0.3) is 0 Å². The Balaban J connectivity index is 2.14. The van der Waals surface area contributed by atoms with Crippen LogP contribution in [0, 0.1) is 0 Å². The van der Waals surface area contributed by atoms with E-state index in [1.165, 1.54) is 0 Å². The van der Waals surface area contributed by atoms with Crippen molar-refractivity contribution >= 4 is 28.3 Å². The van der Waals surface area contributed by atoms with Gasteiger partial charge in [0, 0.05) is 29.6 Å². The molecule has 0 atom stereocenters. The number of carbonyl (C=O) groups is 2. The van der Waals surface area contributed by atoms with Crippen molar-refractivity contribution in [3.63, 3.8) is 0 Å². The monoisotopic (exact) mass is 288 g/mol. The van der Waals surface area contributed by atoms with Gasteiger partial charge in [-0.15, -0.1) is 0 Å². The third kappa shape index (κ3) is 3.49. The summed E-state index contributed by atoms with van der Waals surface area (Å²) in [5.41, 5.74) is 0.450. The SMILES string of the molecule is O=C(NCCCO)C(=O)Nc1cccc2c(O)cccc12. The Hall–Kier alpha value is -2.60. The van der Waals surface area contributed by atoms with Crippen LogP contribution in [0.15, 0.2) is 36.4 Å². The van der Waals surface area contributed by atoms with Crippen molar-refractivity contribution in [3.05, 3.63) is 36.4 Å². The largest absolute Gasteiger partial charge is 0.507 e. The van der Waals surface area contributed by atoms with Crippen LogP contribution in [0.2, 0.25) is 0 Å². The fourth-order valence-corrected chi connectivity index (χ4v) is 1.94. The van der Waals surface area contributed by atoms with Gasteiger partial charge in [0.2, 0.25) is 0 Å². The van der Waals surface area contributed by atoms with Crippen molar-refractivity contribution in [2.45, 2.75) is 6.42 Å². The lowest BCUT2D eigenvalue weighted by Crippen LogP contribution is -2.36. The van der Waals surface area contributed by atoms with E-state index in [2.05, 4.69) is 10.6 Å². The second-order valence-electron chi connectivity index (χ2n) is 4.47. The van der Waals surface area contributed by atoms with Crippen molar-refractivity contribution in [2.75, 3.05) is 18.5 Å². The standard InChI is InChI=1S/C15H16N2O4/c18-9-3-8-16-14(20)15(21)17-12-6-1-5-11-10(12)4-2-7-13(11)19/h1-2,4-7,18-19H,3,8-9H2,(H,16,20)(H,17,21). The Kier molecular flexibility index (Phi) is 4.73. The van der Waals surface area contributed by atoms with Crippen LogP contribution in [0.5, 0.6) is 5.75 Å². The second kappa shape index (κ2) is 6.71. The minimum Gasteiger partial charge on any atom is -0.507 e. The molecule has 0 aliphatic rings. The molecule has 0 saturated carbocycles. The molecule has 0 aliphatic heterocycles. The van der Waals surface area contributed by atoms with E-state index in [0.717, 1.165) is 0 Å². The number of aliphatic hydroxyl groups excluding tert-OH is 1. The molecule has 0 spiro atoms. The van der Waals surface area contributed by atoms with Gasteiger partial charge in [-0.3, -0.25) is 9.59 Å². The molecule has 4 N–H and O–H groups in total. The van der Waals surface area contributed by atoms with E-state index in [-0.39, 0.29) is 18.9 Å². The van der Waals surface area contributed by atoms with Crippen molar-refractivity contribution in [3.8, 4) is 5.75 Å². The zero-order valence-electron chi connectivity index (χ0n) is 11.3. The van der Waals surface area contributed by atoms with E-state index in [9.17, 15) is 14.7 Å². The molecule has 0 aliphatic carbocycles. The number of phenols is 1. The first-order valence-corrected chi connectivity index (χ1v) is 6.54. The number of aliphatic hydroxyl groups is 1. The first-order valence-electron chi connectivity index (χ1n) is 6.54. The number of hydrogen-bond acceptors (Lipinski definition) is 4. The zero-order valence-corrected chi connectivity index (χ0v) is 11.3. The molecule has 110 valence electrons. The lowest BCUT2D eigenvalue weighted by atomic mass is 10.1. The van der Waals surface area contributed by atoms with Crippen LogP contribution in [-0.4, -0.2) is 35.2 Å². The summed E-state index contributed by atoms with van der Waals surface area (Å²) >= 11 is 0. The van der Waals surface area contributed by atoms with Gasteiger partial charge in [-0.05, 0) is 18.6 Å². The summed E-state index contributed by atoms with van der Waals surface area (Å²) in [5, 5.41) is 24.5. The van der Waals surface area contributed by atoms with Crippen LogP contribution in [0.4, 0.5) is 5.69 Å². The van der Waals surface area contributed by atoms with Gasteiger partial charge in [-0.1, -0.05) is 24.3 Å². The van der Waals surface area contributed by atoms with Crippen molar-refractivity contribution in [2.24, 2.45) is 0 Å².